The Labute approximate surface area is 66.3 Å². The average molecular weight is 151 g/mol. The molecule has 2 nitrogen and oxygen atoms in total. The van der Waals surface area contributed by atoms with Gasteiger partial charge in [-0.3, -0.25) is 0 Å². The second-order valence-electron chi connectivity index (χ2n) is 3.23. The lowest BCUT2D eigenvalue weighted by Gasteiger charge is -2.11. The van der Waals surface area contributed by atoms with Gasteiger partial charge in [0.05, 0.1) is 6.10 Å². The van der Waals surface area contributed by atoms with Gasteiger partial charge in [-0.1, -0.05) is 6.42 Å². The molecule has 2 heteroatoms. The molecule has 0 spiro atoms. The van der Waals surface area contributed by atoms with E-state index in [1.54, 1.807) is 0 Å². The van der Waals surface area contributed by atoms with Crippen LogP contribution >= 0.6 is 0 Å². The van der Waals surface area contributed by atoms with Crippen molar-refractivity contribution in [1.82, 2.24) is 4.98 Å². The molecule has 1 heterocycles. The third-order valence-electron chi connectivity index (χ3n) is 2.50. The summed E-state index contributed by atoms with van der Waals surface area (Å²) < 4.78 is 0. The first-order valence-corrected chi connectivity index (χ1v) is 4.19. The lowest BCUT2D eigenvalue weighted by Crippen LogP contribution is -2.10. The van der Waals surface area contributed by atoms with E-state index in [1.165, 1.54) is 5.69 Å². The molecule has 60 valence electrons. The van der Waals surface area contributed by atoms with E-state index in [9.17, 15) is 5.11 Å². The lowest BCUT2D eigenvalue weighted by molar-refractivity contribution is 0.162. The minimum atomic E-state index is -0.117. The van der Waals surface area contributed by atoms with E-state index in [1.807, 2.05) is 12.3 Å². The van der Waals surface area contributed by atoms with Gasteiger partial charge in [0.15, 0.2) is 0 Å². The van der Waals surface area contributed by atoms with E-state index < -0.39 is 0 Å². The molecule has 1 fully saturated rings. The molecule has 0 bridgehead atoms. The number of hydrogen-bond acceptors (Lipinski definition) is 1. The van der Waals surface area contributed by atoms with Gasteiger partial charge in [-0.05, 0) is 25.0 Å². The molecule has 0 unspecified atom stereocenters. The number of rotatable bonds is 1. The van der Waals surface area contributed by atoms with Crippen LogP contribution in [0.1, 0.15) is 30.9 Å². The van der Waals surface area contributed by atoms with Crippen molar-refractivity contribution in [2.75, 3.05) is 0 Å². The average Bonchev–Trinajstić information content (AvgIpc) is 2.55. The minimum absolute atomic E-state index is 0.117. The van der Waals surface area contributed by atoms with E-state index in [-0.39, 0.29) is 6.10 Å². The predicted molar refractivity (Wildman–Crippen MR) is 43.4 cm³/mol. The molecule has 1 aliphatic rings. The standard InChI is InChI=1S/C9H13NO/c11-9-5-1-3-7(9)8-4-2-6-10-8/h2,4,6-7,9-11H,1,3,5H2/t7-,9+/m0/s1. The quantitative estimate of drug-likeness (QED) is 0.629. The highest BCUT2D eigenvalue weighted by atomic mass is 16.3. The van der Waals surface area contributed by atoms with Crippen LogP contribution in [0, 0.1) is 0 Å². The zero-order chi connectivity index (χ0) is 7.68. The molecule has 0 radical (unpaired) electrons. The Morgan fingerprint density at radius 1 is 1.45 bits per heavy atom. The van der Waals surface area contributed by atoms with Gasteiger partial charge in [-0.15, -0.1) is 0 Å². The Morgan fingerprint density at radius 3 is 2.91 bits per heavy atom. The van der Waals surface area contributed by atoms with Gasteiger partial charge in [0.25, 0.3) is 0 Å². The molecule has 0 aromatic carbocycles. The summed E-state index contributed by atoms with van der Waals surface area (Å²) in [6.45, 7) is 0. The van der Waals surface area contributed by atoms with E-state index >= 15 is 0 Å². The van der Waals surface area contributed by atoms with Crippen LogP contribution in [0.4, 0.5) is 0 Å². The molecule has 1 saturated carbocycles. The van der Waals surface area contributed by atoms with Crippen LogP contribution in [0.15, 0.2) is 18.3 Å². The topological polar surface area (TPSA) is 36.0 Å². The highest BCUT2D eigenvalue weighted by Crippen LogP contribution is 2.33. The maximum atomic E-state index is 9.54. The van der Waals surface area contributed by atoms with E-state index in [0.717, 1.165) is 19.3 Å². The van der Waals surface area contributed by atoms with Gasteiger partial charge in [-0.2, -0.15) is 0 Å². The number of H-pyrrole nitrogens is 1. The van der Waals surface area contributed by atoms with Crippen LogP contribution in [0.2, 0.25) is 0 Å². The molecule has 1 aliphatic carbocycles. The fourth-order valence-electron chi connectivity index (χ4n) is 1.88. The molecule has 2 rings (SSSR count). The Hall–Kier alpha value is -0.760. The van der Waals surface area contributed by atoms with Crippen molar-refractivity contribution in [3.63, 3.8) is 0 Å². The molecule has 2 N–H and O–H groups in total. The lowest BCUT2D eigenvalue weighted by atomic mass is 10.0. The summed E-state index contributed by atoms with van der Waals surface area (Å²) in [5, 5.41) is 9.54. The first-order chi connectivity index (χ1) is 5.38. The van der Waals surface area contributed by atoms with E-state index in [0.29, 0.717) is 5.92 Å². The Morgan fingerprint density at radius 2 is 2.36 bits per heavy atom. The molecule has 2 atom stereocenters. The monoisotopic (exact) mass is 151 g/mol. The molecule has 0 aliphatic heterocycles. The Bertz CT molecular complexity index is 217. The fourth-order valence-corrected chi connectivity index (χ4v) is 1.88. The molecular formula is C9H13NO. The number of aromatic amines is 1. The SMILES string of the molecule is O[C@@H]1CCC[C@H]1c1ccc[nH]1. The maximum Gasteiger partial charge on any atom is 0.0623 e. The summed E-state index contributed by atoms with van der Waals surface area (Å²) in [5.74, 6) is 0.366. The van der Waals surface area contributed by atoms with E-state index in [2.05, 4.69) is 11.1 Å². The molecular weight excluding hydrogens is 138 g/mol. The van der Waals surface area contributed by atoms with Gasteiger partial charge in [0.2, 0.25) is 0 Å². The summed E-state index contributed by atoms with van der Waals surface area (Å²) in [6, 6.07) is 4.04. The number of nitrogens with one attached hydrogen (secondary N) is 1. The fraction of sp³-hybridized carbons (Fsp3) is 0.556. The van der Waals surface area contributed by atoms with Crippen molar-refractivity contribution in [3.05, 3.63) is 24.0 Å². The van der Waals surface area contributed by atoms with Crippen molar-refractivity contribution in [2.24, 2.45) is 0 Å². The highest BCUT2D eigenvalue weighted by molar-refractivity contribution is 5.13. The first-order valence-electron chi connectivity index (χ1n) is 4.19. The number of aliphatic hydroxyl groups is 1. The molecule has 0 amide bonds. The summed E-state index contributed by atoms with van der Waals surface area (Å²) in [4.78, 5) is 3.15. The largest absolute Gasteiger partial charge is 0.392 e. The molecule has 1 aromatic rings. The molecule has 0 saturated heterocycles. The third kappa shape index (κ3) is 1.18. The van der Waals surface area contributed by atoms with Crippen LogP contribution in [-0.4, -0.2) is 16.2 Å². The number of hydrogen-bond donors (Lipinski definition) is 2. The summed E-state index contributed by atoms with van der Waals surface area (Å²) in [5.41, 5.74) is 1.19. The second kappa shape index (κ2) is 2.70. The smallest absolute Gasteiger partial charge is 0.0623 e. The van der Waals surface area contributed by atoms with Crippen LogP contribution in [-0.2, 0) is 0 Å². The minimum Gasteiger partial charge on any atom is -0.392 e. The van der Waals surface area contributed by atoms with E-state index in [4.69, 9.17) is 0 Å². The zero-order valence-corrected chi connectivity index (χ0v) is 6.46. The van der Waals surface area contributed by atoms with Crippen LogP contribution in [0.3, 0.4) is 0 Å². The van der Waals surface area contributed by atoms with Gasteiger partial charge in [-0.25, -0.2) is 0 Å². The van der Waals surface area contributed by atoms with Gasteiger partial charge in [0.1, 0.15) is 0 Å². The third-order valence-corrected chi connectivity index (χ3v) is 2.50. The summed E-state index contributed by atoms with van der Waals surface area (Å²) in [6.07, 6.45) is 5.05. The number of aromatic nitrogens is 1. The van der Waals surface area contributed by atoms with Crippen molar-refractivity contribution >= 4 is 0 Å². The van der Waals surface area contributed by atoms with Crippen LogP contribution < -0.4 is 0 Å². The summed E-state index contributed by atoms with van der Waals surface area (Å²) in [7, 11) is 0. The van der Waals surface area contributed by atoms with Crippen LogP contribution in [0.25, 0.3) is 0 Å². The normalized spacial score (nSPS) is 31.0. The molecule has 1 aromatic heterocycles. The Kier molecular flexibility index (Phi) is 1.70. The Balaban J connectivity index is 2.16. The second-order valence-corrected chi connectivity index (χ2v) is 3.23. The van der Waals surface area contributed by atoms with Gasteiger partial charge < -0.3 is 10.1 Å². The zero-order valence-electron chi connectivity index (χ0n) is 6.46. The predicted octanol–water partition coefficient (Wildman–Crippen LogP) is 1.64. The first kappa shape index (κ1) is 6.92. The molecule has 11 heavy (non-hydrogen) atoms. The van der Waals surface area contributed by atoms with Crippen molar-refractivity contribution < 1.29 is 5.11 Å². The van der Waals surface area contributed by atoms with Gasteiger partial charge in [0, 0.05) is 17.8 Å². The van der Waals surface area contributed by atoms with Crippen molar-refractivity contribution in [2.45, 2.75) is 31.3 Å². The maximum absolute atomic E-state index is 9.54. The highest BCUT2D eigenvalue weighted by Gasteiger charge is 2.26. The number of aliphatic hydroxyl groups excluding tert-OH is 1. The summed E-state index contributed by atoms with van der Waals surface area (Å²) >= 11 is 0. The van der Waals surface area contributed by atoms with Crippen LogP contribution in [0.5, 0.6) is 0 Å². The van der Waals surface area contributed by atoms with Gasteiger partial charge >= 0.3 is 0 Å². The van der Waals surface area contributed by atoms with Crippen molar-refractivity contribution in [3.8, 4) is 0 Å². The van der Waals surface area contributed by atoms with Crippen molar-refractivity contribution in [1.29, 1.82) is 0 Å².